The number of hydrogen-bond acceptors (Lipinski definition) is 2. The Morgan fingerprint density at radius 3 is 1.88 bits per heavy atom. The average Bonchev–Trinajstić information content (AvgIpc) is 2.13. The molecule has 1 aliphatic heterocycles. The SMILES string of the molecule is CC(C)(C)N1N=C1Cl. The van der Waals surface area contributed by atoms with E-state index in [0.717, 1.165) is 0 Å². The van der Waals surface area contributed by atoms with Gasteiger partial charge in [0.15, 0.2) is 0 Å². The van der Waals surface area contributed by atoms with Crippen molar-refractivity contribution in [3.05, 3.63) is 0 Å². The van der Waals surface area contributed by atoms with Crippen LogP contribution < -0.4 is 0 Å². The Balaban J connectivity index is 2.43. The van der Waals surface area contributed by atoms with Gasteiger partial charge >= 0.3 is 0 Å². The lowest BCUT2D eigenvalue weighted by molar-refractivity contribution is 0.313. The number of hydrogen-bond donors (Lipinski definition) is 0. The second-order valence-corrected chi connectivity index (χ2v) is 3.19. The minimum Gasteiger partial charge on any atom is -0.228 e. The van der Waals surface area contributed by atoms with Crippen LogP contribution in [0.5, 0.6) is 0 Å². The Morgan fingerprint density at radius 2 is 1.88 bits per heavy atom. The van der Waals surface area contributed by atoms with Crippen LogP contribution in [0.15, 0.2) is 5.10 Å². The molecule has 0 radical (unpaired) electrons. The lowest BCUT2D eigenvalue weighted by atomic mass is 10.1. The molecule has 46 valence electrons. The summed E-state index contributed by atoms with van der Waals surface area (Å²) in [6.45, 7) is 6.18. The molecule has 0 aromatic heterocycles. The molecular formula is C5H9ClN2. The molecule has 3 heteroatoms. The zero-order chi connectivity index (χ0) is 6.36. The monoisotopic (exact) mass is 132 g/mol. The summed E-state index contributed by atoms with van der Waals surface area (Å²) >= 11 is 5.51. The molecule has 8 heavy (non-hydrogen) atoms. The molecule has 1 heterocycles. The average molecular weight is 133 g/mol. The van der Waals surface area contributed by atoms with E-state index in [4.69, 9.17) is 11.6 Å². The summed E-state index contributed by atoms with van der Waals surface area (Å²) in [7, 11) is 0. The van der Waals surface area contributed by atoms with E-state index in [2.05, 4.69) is 25.9 Å². The maximum atomic E-state index is 5.51. The highest BCUT2D eigenvalue weighted by Gasteiger charge is 2.33. The third-order valence-electron chi connectivity index (χ3n) is 0.953. The highest BCUT2D eigenvalue weighted by Crippen LogP contribution is 2.25. The van der Waals surface area contributed by atoms with E-state index in [1.165, 1.54) is 0 Å². The summed E-state index contributed by atoms with van der Waals surface area (Å²) in [5, 5.41) is 6.25. The van der Waals surface area contributed by atoms with E-state index < -0.39 is 0 Å². The van der Waals surface area contributed by atoms with Gasteiger partial charge in [-0.2, -0.15) is 0 Å². The molecule has 0 atom stereocenters. The van der Waals surface area contributed by atoms with Gasteiger partial charge in [-0.1, -0.05) is 0 Å². The van der Waals surface area contributed by atoms with Gasteiger partial charge in [0.05, 0.1) is 5.54 Å². The number of nitrogens with zero attached hydrogens (tertiary/aromatic N) is 2. The highest BCUT2D eigenvalue weighted by atomic mass is 35.5. The number of amidine groups is 1. The Bertz CT molecular complexity index is 134. The molecule has 0 saturated carbocycles. The maximum Gasteiger partial charge on any atom is 0.238 e. The summed E-state index contributed by atoms with van der Waals surface area (Å²) in [5.41, 5.74) is 0.0804. The van der Waals surface area contributed by atoms with Crippen molar-refractivity contribution in [3.63, 3.8) is 0 Å². The first-order valence-electron chi connectivity index (χ1n) is 2.56. The first-order chi connectivity index (χ1) is 3.52. The first kappa shape index (κ1) is 5.89. The molecule has 1 rings (SSSR count). The van der Waals surface area contributed by atoms with E-state index in [9.17, 15) is 0 Å². The lowest BCUT2D eigenvalue weighted by Gasteiger charge is -2.17. The molecule has 0 spiro atoms. The van der Waals surface area contributed by atoms with Gasteiger partial charge in [-0.3, -0.25) is 0 Å². The third-order valence-corrected chi connectivity index (χ3v) is 1.19. The largest absolute Gasteiger partial charge is 0.238 e. The van der Waals surface area contributed by atoms with Crippen molar-refractivity contribution in [2.24, 2.45) is 5.10 Å². The van der Waals surface area contributed by atoms with Crippen molar-refractivity contribution in [3.8, 4) is 0 Å². The van der Waals surface area contributed by atoms with E-state index >= 15 is 0 Å². The molecule has 1 aliphatic rings. The van der Waals surface area contributed by atoms with Crippen LogP contribution in [0.2, 0.25) is 0 Å². The molecule has 0 aromatic carbocycles. The summed E-state index contributed by atoms with van der Waals surface area (Å²) in [6, 6.07) is 0. The summed E-state index contributed by atoms with van der Waals surface area (Å²) in [4.78, 5) is 0. The van der Waals surface area contributed by atoms with Gasteiger partial charge in [0.25, 0.3) is 0 Å². The summed E-state index contributed by atoms with van der Waals surface area (Å²) in [6.07, 6.45) is 0. The Kier molecular flexibility index (Phi) is 1.01. The second kappa shape index (κ2) is 1.38. The summed E-state index contributed by atoms with van der Waals surface area (Å²) in [5.74, 6) is 0. The fraction of sp³-hybridized carbons (Fsp3) is 0.800. The Labute approximate surface area is 54.1 Å². The molecule has 0 N–H and O–H groups in total. The van der Waals surface area contributed by atoms with Crippen molar-refractivity contribution in [1.82, 2.24) is 5.01 Å². The molecule has 0 fully saturated rings. The molecule has 0 aromatic rings. The first-order valence-corrected chi connectivity index (χ1v) is 2.94. The Hall–Kier alpha value is -0.240. The van der Waals surface area contributed by atoms with Crippen LogP contribution in [0.1, 0.15) is 20.8 Å². The molecule has 0 bridgehead atoms. The minimum atomic E-state index is 0.0804. The Morgan fingerprint density at radius 1 is 1.50 bits per heavy atom. The van der Waals surface area contributed by atoms with Gasteiger partial charge < -0.3 is 0 Å². The van der Waals surface area contributed by atoms with Crippen LogP contribution in [0, 0.1) is 0 Å². The van der Waals surface area contributed by atoms with Gasteiger partial charge in [0.1, 0.15) is 0 Å². The quantitative estimate of drug-likeness (QED) is 0.457. The number of halogens is 1. The van der Waals surface area contributed by atoms with Crippen LogP contribution in [-0.2, 0) is 0 Å². The molecule has 0 aliphatic carbocycles. The zero-order valence-corrected chi connectivity index (χ0v) is 6.03. The van der Waals surface area contributed by atoms with E-state index in [-0.39, 0.29) is 5.54 Å². The predicted octanol–water partition coefficient (Wildman–Crippen LogP) is 1.61. The molecular weight excluding hydrogens is 124 g/mol. The van der Waals surface area contributed by atoms with Crippen molar-refractivity contribution < 1.29 is 0 Å². The molecule has 2 nitrogen and oxygen atoms in total. The zero-order valence-electron chi connectivity index (χ0n) is 5.27. The highest BCUT2D eigenvalue weighted by molar-refractivity contribution is 6.67. The van der Waals surface area contributed by atoms with Crippen molar-refractivity contribution >= 4 is 16.9 Å². The van der Waals surface area contributed by atoms with Crippen LogP contribution >= 0.6 is 11.6 Å². The normalized spacial score (nSPS) is 18.5. The van der Waals surface area contributed by atoms with Crippen molar-refractivity contribution in [2.75, 3.05) is 0 Å². The van der Waals surface area contributed by atoms with Gasteiger partial charge in [-0.05, 0) is 32.4 Å². The molecule has 0 amide bonds. The van der Waals surface area contributed by atoms with E-state index in [0.29, 0.717) is 5.29 Å². The smallest absolute Gasteiger partial charge is 0.228 e. The van der Waals surface area contributed by atoms with Crippen LogP contribution in [-0.4, -0.2) is 15.8 Å². The summed E-state index contributed by atoms with van der Waals surface area (Å²) < 4.78 is 0. The van der Waals surface area contributed by atoms with Crippen molar-refractivity contribution in [1.29, 1.82) is 0 Å². The van der Waals surface area contributed by atoms with Crippen molar-refractivity contribution in [2.45, 2.75) is 26.3 Å². The van der Waals surface area contributed by atoms with Gasteiger partial charge in [-0.15, -0.1) is 5.10 Å². The van der Waals surface area contributed by atoms with E-state index in [1.54, 1.807) is 5.01 Å². The standard InChI is InChI=1S/C5H9ClN2/c1-5(2,3)8-4(6)7-8/h1-3H3. The topological polar surface area (TPSA) is 15.4 Å². The number of hydrazone groups is 1. The van der Waals surface area contributed by atoms with E-state index in [1.807, 2.05) is 0 Å². The van der Waals surface area contributed by atoms with Gasteiger partial charge in [0, 0.05) is 0 Å². The fourth-order valence-electron chi connectivity index (χ4n) is 0.487. The van der Waals surface area contributed by atoms with Gasteiger partial charge in [-0.25, -0.2) is 5.01 Å². The van der Waals surface area contributed by atoms with Gasteiger partial charge in [0.2, 0.25) is 5.29 Å². The maximum absolute atomic E-state index is 5.51. The molecule has 0 unspecified atom stereocenters. The second-order valence-electron chi connectivity index (χ2n) is 2.85. The minimum absolute atomic E-state index is 0.0804. The molecule has 0 saturated heterocycles. The van der Waals surface area contributed by atoms with Crippen LogP contribution in [0.25, 0.3) is 0 Å². The third kappa shape index (κ3) is 0.944. The van der Waals surface area contributed by atoms with Crippen LogP contribution in [0.4, 0.5) is 0 Å². The van der Waals surface area contributed by atoms with Crippen LogP contribution in [0.3, 0.4) is 0 Å². The number of rotatable bonds is 0. The lowest BCUT2D eigenvalue weighted by Crippen LogP contribution is -2.27. The fourth-order valence-corrected chi connectivity index (χ4v) is 0.816. The predicted molar refractivity (Wildman–Crippen MR) is 34.9 cm³/mol.